The van der Waals surface area contributed by atoms with E-state index in [0.29, 0.717) is 18.7 Å². The summed E-state index contributed by atoms with van der Waals surface area (Å²) in [5, 5.41) is 11.0. The molecule has 0 unspecified atom stereocenters. The Balaban J connectivity index is 3.09. The van der Waals surface area contributed by atoms with Crippen LogP contribution in [0.3, 0.4) is 0 Å². The van der Waals surface area contributed by atoms with Crippen LogP contribution in [0, 0.1) is 17.0 Å². The molecule has 0 aromatic heterocycles. The lowest BCUT2D eigenvalue weighted by Gasteiger charge is -2.23. The number of benzene rings is 1. The highest BCUT2D eigenvalue weighted by Crippen LogP contribution is 2.24. The molecule has 23 heavy (non-hydrogen) atoms. The van der Waals surface area contributed by atoms with E-state index in [1.165, 1.54) is 31.0 Å². The van der Waals surface area contributed by atoms with Crippen molar-refractivity contribution in [2.24, 2.45) is 0 Å². The van der Waals surface area contributed by atoms with Gasteiger partial charge in [0, 0.05) is 31.8 Å². The van der Waals surface area contributed by atoms with Crippen molar-refractivity contribution in [2.75, 3.05) is 26.7 Å². The second-order valence-corrected chi connectivity index (χ2v) is 7.08. The fourth-order valence-electron chi connectivity index (χ4n) is 2.08. The van der Waals surface area contributed by atoms with Crippen molar-refractivity contribution >= 4 is 21.6 Å². The summed E-state index contributed by atoms with van der Waals surface area (Å²) in [5.74, 6) is -0.317. The van der Waals surface area contributed by atoms with Gasteiger partial charge in [-0.3, -0.25) is 14.9 Å². The van der Waals surface area contributed by atoms with Gasteiger partial charge in [0.2, 0.25) is 15.9 Å². The second-order valence-electron chi connectivity index (χ2n) is 5.03. The Kier molecular flexibility index (Phi) is 6.22. The maximum Gasteiger partial charge on any atom is 0.273 e. The van der Waals surface area contributed by atoms with E-state index in [9.17, 15) is 23.3 Å². The molecule has 8 nitrogen and oxygen atoms in total. The van der Waals surface area contributed by atoms with Gasteiger partial charge in [-0.05, 0) is 26.8 Å². The number of rotatable bonds is 7. The van der Waals surface area contributed by atoms with E-state index >= 15 is 0 Å². The first-order valence-electron chi connectivity index (χ1n) is 7.14. The van der Waals surface area contributed by atoms with Crippen LogP contribution in [0.5, 0.6) is 0 Å². The zero-order valence-corrected chi connectivity index (χ0v) is 14.5. The largest absolute Gasteiger partial charge is 0.342 e. The Morgan fingerprint density at radius 1 is 1.26 bits per heavy atom. The minimum absolute atomic E-state index is 0.204. The summed E-state index contributed by atoms with van der Waals surface area (Å²) >= 11 is 0. The normalized spacial score (nSPS) is 11.5. The molecule has 0 aliphatic heterocycles. The summed E-state index contributed by atoms with van der Waals surface area (Å²) in [7, 11) is -2.70. The lowest BCUT2D eigenvalue weighted by Crippen LogP contribution is -2.41. The first-order chi connectivity index (χ1) is 10.6. The molecule has 0 radical (unpaired) electrons. The summed E-state index contributed by atoms with van der Waals surface area (Å²) in [6.45, 7) is 5.80. The van der Waals surface area contributed by atoms with Crippen LogP contribution in [-0.4, -0.2) is 55.1 Å². The van der Waals surface area contributed by atoms with E-state index in [4.69, 9.17) is 0 Å². The molecule has 0 N–H and O–H groups in total. The second kappa shape index (κ2) is 7.51. The van der Waals surface area contributed by atoms with E-state index < -0.39 is 14.9 Å². The topological polar surface area (TPSA) is 101 Å². The van der Waals surface area contributed by atoms with Gasteiger partial charge in [0.05, 0.1) is 16.4 Å². The van der Waals surface area contributed by atoms with Crippen LogP contribution in [0.2, 0.25) is 0 Å². The number of nitrogens with zero attached hydrogens (tertiary/aromatic N) is 3. The van der Waals surface area contributed by atoms with Crippen molar-refractivity contribution < 1.29 is 18.1 Å². The highest BCUT2D eigenvalue weighted by atomic mass is 32.2. The molecule has 0 aliphatic rings. The molecule has 9 heteroatoms. The van der Waals surface area contributed by atoms with Crippen molar-refractivity contribution in [1.29, 1.82) is 0 Å². The summed E-state index contributed by atoms with van der Waals surface area (Å²) in [4.78, 5) is 23.7. The van der Waals surface area contributed by atoms with Gasteiger partial charge in [-0.2, -0.15) is 4.31 Å². The van der Waals surface area contributed by atoms with E-state index in [-0.39, 0.29) is 23.0 Å². The molecule has 0 aliphatic carbocycles. The standard InChI is InChI=1S/C14H21N3O5S/c1-5-16(6-2)14(18)10-15(4)23(21,22)12-8-7-11(3)13(9-12)17(19)20/h7-9H,5-6,10H2,1-4H3. The smallest absolute Gasteiger partial charge is 0.273 e. The minimum Gasteiger partial charge on any atom is -0.342 e. The van der Waals surface area contributed by atoms with Gasteiger partial charge >= 0.3 is 0 Å². The molecule has 0 atom stereocenters. The number of carbonyl (C=O) groups is 1. The summed E-state index contributed by atoms with van der Waals surface area (Å²) < 4.78 is 25.9. The van der Waals surface area contributed by atoms with Gasteiger partial charge in [0.25, 0.3) is 5.69 Å². The van der Waals surface area contributed by atoms with E-state index in [0.717, 1.165) is 10.4 Å². The number of hydrogen-bond acceptors (Lipinski definition) is 5. The van der Waals surface area contributed by atoms with Gasteiger partial charge in [-0.1, -0.05) is 6.07 Å². The molecule has 1 aromatic carbocycles. The quantitative estimate of drug-likeness (QED) is 0.550. The molecule has 0 saturated carbocycles. The monoisotopic (exact) mass is 343 g/mol. The molecule has 1 aromatic rings. The average molecular weight is 343 g/mol. The van der Waals surface area contributed by atoms with Crippen LogP contribution in [0.15, 0.2) is 23.1 Å². The number of sulfonamides is 1. The molecular formula is C14H21N3O5S. The van der Waals surface area contributed by atoms with Crippen LogP contribution in [0.4, 0.5) is 5.69 Å². The molecule has 1 amide bonds. The number of likely N-dealkylation sites (N-methyl/N-ethyl adjacent to an activating group) is 2. The van der Waals surface area contributed by atoms with Crippen molar-refractivity contribution in [3.63, 3.8) is 0 Å². The molecule has 0 heterocycles. The van der Waals surface area contributed by atoms with Gasteiger partial charge < -0.3 is 4.90 Å². The van der Waals surface area contributed by atoms with Crippen LogP contribution >= 0.6 is 0 Å². The van der Waals surface area contributed by atoms with E-state index in [2.05, 4.69) is 0 Å². The SMILES string of the molecule is CCN(CC)C(=O)CN(C)S(=O)(=O)c1ccc(C)c([N+](=O)[O-])c1. The predicted octanol–water partition coefficient (Wildman–Crippen LogP) is 1.39. The Hall–Kier alpha value is -2.00. The fourth-order valence-corrected chi connectivity index (χ4v) is 3.22. The van der Waals surface area contributed by atoms with Crippen molar-refractivity contribution in [1.82, 2.24) is 9.21 Å². The third kappa shape index (κ3) is 4.26. The van der Waals surface area contributed by atoms with Gasteiger partial charge in [-0.15, -0.1) is 0 Å². The van der Waals surface area contributed by atoms with Gasteiger partial charge in [-0.25, -0.2) is 8.42 Å². The van der Waals surface area contributed by atoms with Crippen LogP contribution in [0.1, 0.15) is 19.4 Å². The first kappa shape index (κ1) is 19.0. The van der Waals surface area contributed by atoms with Crippen LogP contribution in [0.25, 0.3) is 0 Å². The maximum atomic E-state index is 12.5. The Morgan fingerprint density at radius 3 is 2.30 bits per heavy atom. The van der Waals surface area contributed by atoms with Crippen LogP contribution < -0.4 is 0 Å². The van der Waals surface area contributed by atoms with Gasteiger partial charge in [0.1, 0.15) is 0 Å². The minimum atomic E-state index is -3.98. The van der Waals surface area contributed by atoms with Gasteiger partial charge in [0.15, 0.2) is 0 Å². The Bertz CT molecular complexity index is 698. The molecular weight excluding hydrogens is 322 g/mol. The fraction of sp³-hybridized carbons (Fsp3) is 0.500. The lowest BCUT2D eigenvalue weighted by molar-refractivity contribution is -0.385. The van der Waals surface area contributed by atoms with E-state index in [1.54, 1.807) is 13.8 Å². The molecule has 0 bridgehead atoms. The number of carbonyl (C=O) groups excluding carboxylic acids is 1. The Morgan fingerprint density at radius 2 is 1.83 bits per heavy atom. The Labute approximate surface area is 135 Å². The number of nitro groups is 1. The lowest BCUT2D eigenvalue weighted by atomic mass is 10.2. The number of amides is 1. The highest BCUT2D eigenvalue weighted by molar-refractivity contribution is 7.89. The summed E-state index contributed by atoms with van der Waals surface area (Å²) in [6, 6.07) is 3.70. The zero-order chi connectivity index (χ0) is 17.8. The predicted molar refractivity (Wildman–Crippen MR) is 85.6 cm³/mol. The van der Waals surface area contributed by atoms with E-state index in [1.807, 2.05) is 0 Å². The number of hydrogen-bond donors (Lipinski definition) is 0. The van der Waals surface area contributed by atoms with Crippen molar-refractivity contribution in [3.05, 3.63) is 33.9 Å². The zero-order valence-electron chi connectivity index (χ0n) is 13.6. The summed E-state index contributed by atoms with van der Waals surface area (Å²) in [5.41, 5.74) is 0.102. The molecule has 0 saturated heterocycles. The molecule has 128 valence electrons. The third-order valence-corrected chi connectivity index (χ3v) is 5.36. The summed E-state index contributed by atoms with van der Waals surface area (Å²) in [6.07, 6.45) is 0. The maximum absolute atomic E-state index is 12.5. The molecule has 1 rings (SSSR count). The average Bonchev–Trinajstić information content (AvgIpc) is 2.48. The number of nitro benzene ring substituents is 1. The number of aryl methyl sites for hydroxylation is 1. The first-order valence-corrected chi connectivity index (χ1v) is 8.58. The molecule has 0 spiro atoms. The molecule has 0 fully saturated rings. The highest BCUT2D eigenvalue weighted by Gasteiger charge is 2.26. The van der Waals surface area contributed by atoms with Crippen LogP contribution in [-0.2, 0) is 14.8 Å². The van der Waals surface area contributed by atoms with Crippen molar-refractivity contribution in [2.45, 2.75) is 25.7 Å². The van der Waals surface area contributed by atoms with Crippen molar-refractivity contribution in [3.8, 4) is 0 Å². The third-order valence-electron chi connectivity index (χ3n) is 3.56.